The molecule has 0 radical (unpaired) electrons. The van der Waals surface area contributed by atoms with Crippen molar-refractivity contribution in [1.29, 1.82) is 0 Å². The fraction of sp³-hybridized carbons (Fsp3) is 0.778. The van der Waals surface area contributed by atoms with Gasteiger partial charge in [0, 0.05) is 25.7 Å². The molecule has 0 bridgehead atoms. The molecule has 0 aromatic heterocycles. The van der Waals surface area contributed by atoms with Crippen molar-refractivity contribution in [2.75, 3.05) is 5.34 Å². The van der Waals surface area contributed by atoms with Gasteiger partial charge in [0.1, 0.15) is 11.6 Å². The van der Waals surface area contributed by atoms with Gasteiger partial charge in [0.25, 0.3) is 0 Å². The van der Waals surface area contributed by atoms with Crippen LogP contribution in [0.5, 0.6) is 0 Å². The number of hydrogen-bond acceptors (Lipinski definition) is 2. The molecule has 0 N–H and O–H groups in total. The molecular weight excluding hydrogens is 211 g/mol. The zero-order chi connectivity index (χ0) is 10.1. The molecule has 0 aromatic carbocycles. The van der Waals surface area contributed by atoms with Crippen molar-refractivity contribution in [1.82, 2.24) is 0 Å². The Bertz CT molecular complexity index is 139. The normalized spacial score (nSPS) is 18.3. The molecule has 0 saturated heterocycles. The Kier molecular flexibility index (Phi) is 8.46. The number of halogens is 2. The molecule has 2 saturated carbocycles. The van der Waals surface area contributed by atoms with Crippen molar-refractivity contribution in [2.24, 2.45) is 0 Å². The molecule has 2 nitrogen and oxygen atoms in total. The van der Waals surface area contributed by atoms with Gasteiger partial charge in [0.2, 0.25) is 0 Å². The summed E-state index contributed by atoms with van der Waals surface area (Å²) < 4.78 is 0. The molecule has 76 valence electrons. The van der Waals surface area contributed by atoms with Crippen LogP contribution in [-0.2, 0) is 9.59 Å². The lowest BCUT2D eigenvalue weighted by atomic mass is 9.99. The number of rotatable bonds is 0. The molecule has 0 atom stereocenters. The second-order valence-electron chi connectivity index (χ2n) is 2.89. The Morgan fingerprint density at radius 1 is 0.846 bits per heavy atom. The molecule has 0 heterocycles. The quantitative estimate of drug-likeness (QED) is 0.594. The summed E-state index contributed by atoms with van der Waals surface area (Å²) in [6, 6.07) is 0. The Balaban J connectivity index is 0.000000174. The number of ketones is 2. The highest BCUT2D eigenvalue weighted by molar-refractivity contribution is 6.40. The van der Waals surface area contributed by atoms with E-state index < -0.39 is 0 Å². The van der Waals surface area contributed by atoms with Crippen LogP contribution in [0.1, 0.15) is 38.5 Å². The lowest BCUT2D eigenvalue weighted by Crippen LogP contribution is -2.07. The fourth-order valence-corrected chi connectivity index (χ4v) is 0.642. The van der Waals surface area contributed by atoms with Gasteiger partial charge in [0.15, 0.2) is 0 Å². The summed E-state index contributed by atoms with van der Waals surface area (Å²) in [5, 5.41) is 0.194. The van der Waals surface area contributed by atoms with E-state index in [9.17, 15) is 9.59 Å². The first kappa shape index (κ1) is 12.9. The predicted molar refractivity (Wildman–Crippen MR) is 54.3 cm³/mol. The third-order valence-corrected chi connectivity index (χ3v) is 1.82. The van der Waals surface area contributed by atoms with E-state index in [4.69, 9.17) is 23.2 Å². The van der Waals surface area contributed by atoms with Gasteiger partial charge in [-0.1, -0.05) is 0 Å². The van der Waals surface area contributed by atoms with Crippen LogP contribution in [0.15, 0.2) is 0 Å². The smallest absolute Gasteiger partial charge is 0.132 e. The maximum Gasteiger partial charge on any atom is 0.132 e. The van der Waals surface area contributed by atoms with Crippen LogP contribution >= 0.6 is 23.2 Å². The molecule has 0 spiro atoms. The summed E-state index contributed by atoms with van der Waals surface area (Å²) in [5.74, 6) is 0.870. The average Bonchev–Trinajstić information content (AvgIpc) is 2.00. The van der Waals surface area contributed by atoms with E-state index in [0.29, 0.717) is 11.6 Å². The van der Waals surface area contributed by atoms with Crippen LogP contribution in [0.2, 0.25) is 0 Å². The summed E-state index contributed by atoms with van der Waals surface area (Å²) in [7, 11) is 0. The first-order valence-electron chi connectivity index (χ1n) is 4.36. The van der Waals surface area contributed by atoms with E-state index in [-0.39, 0.29) is 5.34 Å². The minimum atomic E-state index is 0.194. The van der Waals surface area contributed by atoms with Gasteiger partial charge in [-0.2, -0.15) is 0 Å². The van der Waals surface area contributed by atoms with Crippen LogP contribution in [0.4, 0.5) is 0 Å². The summed E-state index contributed by atoms with van der Waals surface area (Å²) in [5.41, 5.74) is 0. The Labute approximate surface area is 88.6 Å². The molecule has 4 heteroatoms. The molecule has 2 aliphatic carbocycles. The van der Waals surface area contributed by atoms with Gasteiger partial charge in [-0.25, -0.2) is 0 Å². The van der Waals surface area contributed by atoms with Crippen molar-refractivity contribution >= 4 is 34.8 Å². The minimum Gasteiger partial charge on any atom is -0.300 e. The fourth-order valence-electron chi connectivity index (χ4n) is 0.642. The van der Waals surface area contributed by atoms with E-state index in [0.717, 1.165) is 38.5 Å². The van der Waals surface area contributed by atoms with Gasteiger partial charge < -0.3 is 0 Å². The van der Waals surface area contributed by atoms with Crippen molar-refractivity contribution in [3.63, 3.8) is 0 Å². The highest BCUT2D eigenvalue weighted by Crippen LogP contribution is 2.10. The largest absolute Gasteiger partial charge is 0.300 e. The van der Waals surface area contributed by atoms with Crippen molar-refractivity contribution in [3.8, 4) is 0 Å². The molecular formula is C9H14Cl2O2. The average molecular weight is 225 g/mol. The van der Waals surface area contributed by atoms with E-state index in [2.05, 4.69) is 0 Å². The molecule has 13 heavy (non-hydrogen) atoms. The van der Waals surface area contributed by atoms with Crippen LogP contribution in [-0.4, -0.2) is 16.9 Å². The topological polar surface area (TPSA) is 34.1 Å². The summed E-state index contributed by atoms with van der Waals surface area (Å²) in [4.78, 5) is 19.8. The molecule has 2 aliphatic rings. The van der Waals surface area contributed by atoms with Crippen molar-refractivity contribution < 1.29 is 9.59 Å². The lowest BCUT2D eigenvalue weighted by molar-refractivity contribution is -0.124. The number of carbonyl (C=O) groups excluding carboxylic acids is 2. The van der Waals surface area contributed by atoms with E-state index in [1.54, 1.807) is 0 Å². The van der Waals surface area contributed by atoms with Gasteiger partial charge in [0.05, 0.1) is 5.34 Å². The van der Waals surface area contributed by atoms with Gasteiger partial charge in [-0.15, -0.1) is 23.2 Å². The van der Waals surface area contributed by atoms with Crippen LogP contribution in [0.25, 0.3) is 0 Å². The highest BCUT2D eigenvalue weighted by atomic mass is 35.5. The van der Waals surface area contributed by atoms with Gasteiger partial charge >= 0.3 is 0 Å². The van der Waals surface area contributed by atoms with Gasteiger partial charge in [-0.3, -0.25) is 9.59 Å². The molecule has 0 aliphatic heterocycles. The van der Waals surface area contributed by atoms with Crippen LogP contribution in [0.3, 0.4) is 0 Å². The molecule has 0 amide bonds. The van der Waals surface area contributed by atoms with Crippen molar-refractivity contribution in [2.45, 2.75) is 38.5 Å². The van der Waals surface area contributed by atoms with Crippen LogP contribution in [0, 0.1) is 0 Å². The number of alkyl halides is 2. The number of carbonyl (C=O) groups is 2. The maximum atomic E-state index is 9.90. The van der Waals surface area contributed by atoms with E-state index in [1.165, 1.54) is 0 Å². The molecule has 0 aromatic rings. The molecule has 0 unspecified atom stereocenters. The minimum absolute atomic E-state index is 0.194. The second kappa shape index (κ2) is 8.52. The summed E-state index contributed by atoms with van der Waals surface area (Å²) in [6.07, 6.45) is 5.66. The highest BCUT2D eigenvalue weighted by Gasteiger charge is 2.10. The third kappa shape index (κ3) is 8.26. The van der Waals surface area contributed by atoms with E-state index >= 15 is 0 Å². The second-order valence-corrected chi connectivity index (χ2v) is 3.69. The number of hydrogen-bond donors (Lipinski definition) is 0. The Morgan fingerprint density at radius 2 is 1.00 bits per heavy atom. The van der Waals surface area contributed by atoms with Gasteiger partial charge in [-0.05, 0) is 12.8 Å². The van der Waals surface area contributed by atoms with E-state index in [1.807, 2.05) is 0 Å². The Morgan fingerprint density at radius 3 is 1.00 bits per heavy atom. The first-order chi connectivity index (χ1) is 6.20. The van der Waals surface area contributed by atoms with Crippen molar-refractivity contribution in [3.05, 3.63) is 0 Å². The molecule has 2 fully saturated rings. The standard InChI is InChI=1S/2C4H6O.CH2Cl2/c2*5-4-2-1-3-4;2-1-3/h2*1-3H2;1H2. The first-order valence-corrected chi connectivity index (χ1v) is 5.43. The Hall–Kier alpha value is -0.0800. The monoisotopic (exact) mass is 224 g/mol. The summed E-state index contributed by atoms with van der Waals surface area (Å²) in [6.45, 7) is 0. The maximum absolute atomic E-state index is 9.90. The molecule has 2 rings (SSSR count). The SMILES string of the molecule is ClCCl.O=C1CCC1.O=C1CCC1. The number of Topliss-reactive ketones (excluding diaryl/α,β-unsaturated/α-hetero) is 2. The lowest BCUT2D eigenvalue weighted by Gasteiger charge is -2.05. The zero-order valence-electron chi connectivity index (χ0n) is 7.52. The third-order valence-electron chi connectivity index (χ3n) is 1.82. The van der Waals surface area contributed by atoms with Crippen LogP contribution < -0.4 is 0 Å². The predicted octanol–water partition coefficient (Wildman–Crippen LogP) is 2.90. The zero-order valence-corrected chi connectivity index (χ0v) is 9.03. The summed E-state index contributed by atoms with van der Waals surface area (Å²) >= 11 is 9.53.